The maximum absolute atomic E-state index is 12.3. The van der Waals surface area contributed by atoms with E-state index in [4.69, 9.17) is 5.73 Å². The molecule has 0 fully saturated rings. The van der Waals surface area contributed by atoms with Gasteiger partial charge >= 0.3 is 0 Å². The second kappa shape index (κ2) is 4.06. The summed E-state index contributed by atoms with van der Waals surface area (Å²) in [5.74, 6) is 0.189. The topological polar surface area (TPSA) is 59.2 Å². The van der Waals surface area contributed by atoms with E-state index in [2.05, 4.69) is 17.1 Å². The van der Waals surface area contributed by atoms with E-state index in [-0.39, 0.29) is 11.8 Å². The lowest BCUT2D eigenvalue weighted by Crippen LogP contribution is -2.32. The normalized spacial score (nSPS) is 20.4. The summed E-state index contributed by atoms with van der Waals surface area (Å²) in [4.78, 5) is 18.6. The van der Waals surface area contributed by atoms with Crippen LogP contribution in [0.1, 0.15) is 30.4 Å². The lowest BCUT2D eigenvalue weighted by atomic mass is 9.93. The first kappa shape index (κ1) is 11.9. The summed E-state index contributed by atoms with van der Waals surface area (Å²) in [5.41, 5.74) is 11.3. The molecule has 20 heavy (non-hydrogen) atoms. The van der Waals surface area contributed by atoms with Gasteiger partial charge < -0.3 is 10.6 Å². The third-order valence-corrected chi connectivity index (χ3v) is 4.91. The highest BCUT2D eigenvalue weighted by molar-refractivity contribution is 7.13. The van der Waals surface area contributed by atoms with Crippen LogP contribution in [-0.2, 0) is 11.2 Å². The molecule has 4 rings (SSSR count). The second-order valence-electron chi connectivity index (χ2n) is 5.46. The van der Waals surface area contributed by atoms with Crippen molar-refractivity contribution in [2.75, 3.05) is 17.2 Å². The minimum absolute atomic E-state index is 0.0437. The fourth-order valence-electron chi connectivity index (χ4n) is 3.26. The Morgan fingerprint density at radius 1 is 1.45 bits per heavy atom. The maximum atomic E-state index is 12.3. The van der Waals surface area contributed by atoms with E-state index in [1.807, 2.05) is 17.2 Å². The second-order valence-corrected chi connectivity index (χ2v) is 6.35. The van der Waals surface area contributed by atoms with Crippen molar-refractivity contribution in [2.24, 2.45) is 0 Å². The lowest BCUT2D eigenvalue weighted by molar-refractivity contribution is -0.119. The molecule has 0 saturated carbocycles. The number of nitrogens with zero attached hydrogens (tertiary/aromatic N) is 2. The molecule has 3 heterocycles. The van der Waals surface area contributed by atoms with Crippen LogP contribution in [0.3, 0.4) is 0 Å². The van der Waals surface area contributed by atoms with Crippen molar-refractivity contribution >= 4 is 28.1 Å². The van der Waals surface area contributed by atoms with E-state index in [0.717, 1.165) is 41.9 Å². The number of hydrogen-bond acceptors (Lipinski definition) is 4. The lowest BCUT2D eigenvalue weighted by Gasteiger charge is -2.25. The summed E-state index contributed by atoms with van der Waals surface area (Å²) in [5, 5.41) is 2.56. The fourth-order valence-corrected chi connectivity index (χ4v) is 3.84. The first-order valence-corrected chi connectivity index (χ1v) is 7.72. The van der Waals surface area contributed by atoms with Crippen LogP contribution in [0.2, 0.25) is 0 Å². The van der Waals surface area contributed by atoms with Gasteiger partial charge in [0.2, 0.25) is 5.91 Å². The summed E-state index contributed by atoms with van der Waals surface area (Å²) < 4.78 is 0. The molecule has 0 saturated heterocycles. The molecule has 1 unspecified atom stereocenters. The standard InChI is InChI=1S/C15H15N3OS/c1-8-11-6-10(12-7-20-15(16)17-12)5-9-3-2-4-18(13(9)11)14(8)19/h5-8H,2-4H2,1H3,(H2,16,17). The van der Waals surface area contributed by atoms with E-state index in [1.165, 1.54) is 16.9 Å². The molecular formula is C15H15N3OS. The van der Waals surface area contributed by atoms with Gasteiger partial charge in [-0.05, 0) is 43.0 Å². The third kappa shape index (κ3) is 1.53. The number of thiazole rings is 1. The number of anilines is 2. The first-order chi connectivity index (χ1) is 9.65. The Morgan fingerprint density at radius 3 is 3.05 bits per heavy atom. The van der Waals surface area contributed by atoms with Gasteiger partial charge in [-0.1, -0.05) is 0 Å². The number of aromatic nitrogens is 1. The molecule has 1 amide bonds. The van der Waals surface area contributed by atoms with Crippen LogP contribution >= 0.6 is 11.3 Å². The first-order valence-electron chi connectivity index (χ1n) is 6.84. The largest absolute Gasteiger partial charge is 0.375 e. The van der Waals surface area contributed by atoms with E-state index in [0.29, 0.717) is 5.13 Å². The smallest absolute Gasteiger partial charge is 0.234 e. The SMILES string of the molecule is CC1C(=O)N2CCCc3cc(-c4csc(N)n4)cc1c32. The molecule has 1 atom stereocenters. The van der Waals surface area contributed by atoms with Crippen LogP contribution in [-0.4, -0.2) is 17.4 Å². The number of aryl methyl sites for hydroxylation is 1. The van der Waals surface area contributed by atoms with Gasteiger partial charge in [0.1, 0.15) is 0 Å². The number of amides is 1. The zero-order valence-corrected chi connectivity index (χ0v) is 12.0. The summed E-state index contributed by atoms with van der Waals surface area (Å²) in [6.45, 7) is 2.85. The average molecular weight is 285 g/mol. The van der Waals surface area contributed by atoms with E-state index >= 15 is 0 Å². The zero-order chi connectivity index (χ0) is 13.9. The molecule has 2 aliphatic rings. The molecule has 5 heteroatoms. The molecule has 4 nitrogen and oxygen atoms in total. The van der Waals surface area contributed by atoms with Gasteiger partial charge in [0.05, 0.1) is 17.3 Å². The summed E-state index contributed by atoms with van der Waals surface area (Å²) in [7, 11) is 0. The van der Waals surface area contributed by atoms with Crippen LogP contribution in [0.5, 0.6) is 0 Å². The number of nitrogen functional groups attached to an aromatic ring is 1. The third-order valence-electron chi connectivity index (χ3n) is 4.24. The summed E-state index contributed by atoms with van der Waals surface area (Å²) >= 11 is 1.45. The quantitative estimate of drug-likeness (QED) is 0.876. The van der Waals surface area contributed by atoms with Crippen LogP contribution in [0.4, 0.5) is 10.8 Å². The Labute approximate surface area is 121 Å². The molecule has 1 aromatic heterocycles. The zero-order valence-electron chi connectivity index (χ0n) is 11.2. The van der Waals surface area contributed by atoms with Gasteiger partial charge in [0.15, 0.2) is 5.13 Å². The van der Waals surface area contributed by atoms with Gasteiger partial charge in [-0.25, -0.2) is 4.98 Å². The number of nitrogens with two attached hydrogens (primary N) is 1. The number of carbonyl (C=O) groups excluding carboxylic acids is 1. The van der Waals surface area contributed by atoms with Crippen molar-refractivity contribution < 1.29 is 4.79 Å². The van der Waals surface area contributed by atoms with Crippen molar-refractivity contribution in [3.05, 3.63) is 28.6 Å². The summed E-state index contributed by atoms with van der Waals surface area (Å²) in [6, 6.07) is 4.28. The molecule has 2 N–H and O–H groups in total. The molecule has 2 aromatic rings. The van der Waals surface area contributed by atoms with Crippen molar-refractivity contribution in [1.29, 1.82) is 0 Å². The number of rotatable bonds is 1. The van der Waals surface area contributed by atoms with Gasteiger partial charge in [0.25, 0.3) is 0 Å². The van der Waals surface area contributed by atoms with Crippen LogP contribution in [0.15, 0.2) is 17.5 Å². The van der Waals surface area contributed by atoms with Crippen molar-refractivity contribution in [3.8, 4) is 11.3 Å². The number of carbonyl (C=O) groups is 1. The van der Waals surface area contributed by atoms with Gasteiger partial charge in [0, 0.05) is 17.5 Å². The van der Waals surface area contributed by atoms with Gasteiger partial charge in [-0.2, -0.15) is 0 Å². The van der Waals surface area contributed by atoms with Gasteiger partial charge in [-0.15, -0.1) is 11.3 Å². The molecule has 0 aliphatic carbocycles. The highest BCUT2D eigenvalue weighted by Gasteiger charge is 2.37. The molecule has 1 aromatic carbocycles. The van der Waals surface area contributed by atoms with E-state index in [9.17, 15) is 4.79 Å². The van der Waals surface area contributed by atoms with E-state index in [1.54, 1.807) is 0 Å². The van der Waals surface area contributed by atoms with Crippen LogP contribution in [0, 0.1) is 0 Å². The predicted octanol–water partition coefficient (Wildman–Crippen LogP) is 2.79. The monoisotopic (exact) mass is 285 g/mol. The van der Waals surface area contributed by atoms with Crippen LogP contribution < -0.4 is 10.6 Å². The molecule has 0 radical (unpaired) electrons. The fraction of sp³-hybridized carbons (Fsp3) is 0.333. The number of benzene rings is 1. The molecule has 102 valence electrons. The Bertz CT molecular complexity index is 722. The average Bonchev–Trinajstić information content (AvgIpc) is 2.99. The van der Waals surface area contributed by atoms with E-state index < -0.39 is 0 Å². The highest BCUT2D eigenvalue weighted by Crippen LogP contribution is 2.44. The van der Waals surface area contributed by atoms with Gasteiger partial charge in [-0.3, -0.25) is 4.79 Å². The highest BCUT2D eigenvalue weighted by atomic mass is 32.1. The Kier molecular flexibility index (Phi) is 2.41. The number of hydrogen-bond donors (Lipinski definition) is 1. The molecule has 0 spiro atoms. The van der Waals surface area contributed by atoms with Crippen molar-refractivity contribution in [2.45, 2.75) is 25.7 Å². The Morgan fingerprint density at radius 2 is 2.30 bits per heavy atom. The van der Waals surface area contributed by atoms with Crippen molar-refractivity contribution in [1.82, 2.24) is 4.98 Å². The summed E-state index contributed by atoms with van der Waals surface area (Å²) in [6.07, 6.45) is 2.07. The molecule has 0 bridgehead atoms. The maximum Gasteiger partial charge on any atom is 0.234 e. The minimum Gasteiger partial charge on any atom is -0.375 e. The Hall–Kier alpha value is -1.88. The molecule has 2 aliphatic heterocycles. The van der Waals surface area contributed by atoms with Crippen LogP contribution in [0.25, 0.3) is 11.3 Å². The minimum atomic E-state index is -0.0437. The molecular weight excluding hydrogens is 270 g/mol. The Balaban J connectivity index is 1.93. The predicted molar refractivity (Wildman–Crippen MR) is 81.1 cm³/mol. The van der Waals surface area contributed by atoms with Crippen molar-refractivity contribution in [3.63, 3.8) is 0 Å².